The third kappa shape index (κ3) is 7.45. The van der Waals surface area contributed by atoms with Crippen LogP contribution in [0.1, 0.15) is 55.2 Å². The molecule has 0 aromatic heterocycles. The van der Waals surface area contributed by atoms with Gasteiger partial charge >= 0.3 is 12.1 Å². The molecular formula is C36H47BN5O5. The number of hydrogen-bond acceptors (Lipinski definition) is 6. The Bertz CT molecular complexity index is 1460. The second-order valence-electron chi connectivity index (χ2n) is 13.2. The second-order valence-corrected chi connectivity index (χ2v) is 13.2. The number of aromatic hydroxyl groups is 1. The molecule has 3 heterocycles. The maximum absolute atomic E-state index is 14.0. The standard InChI is InChI=1S/C36H47BN5O5/c1-3-26-22-25(23-30(37-2)33(26)43)24-32(34(44)40-20-18-39(19-21-40)28-9-5-6-10-28)47-36(46)41-15-13-29(14-16-41)42-17-12-27-8-4-7-11-31(27)38-35(42)45/h3-4,7-8,11,22-23,28-29,32,43H,1,5-6,9-10,12-21,24H2,2H3,(H,38,45)/t32-/m1/s1. The van der Waals surface area contributed by atoms with Gasteiger partial charge in [-0.25, -0.2) is 9.59 Å². The number of phenolic OH excluding ortho intramolecular Hbond substituents is 1. The van der Waals surface area contributed by atoms with E-state index in [-0.39, 0.29) is 30.2 Å². The fourth-order valence-corrected chi connectivity index (χ4v) is 7.71. The van der Waals surface area contributed by atoms with Crippen molar-refractivity contribution in [2.45, 2.75) is 76.4 Å². The Balaban J connectivity index is 1.11. The Morgan fingerprint density at radius 1 is 1.00 bits per heavy atom. The highest BCUT2D eigenvalue weighted by Crippen LogP contribution is 2.27. The lowest BCUT2D eigenvalue weighted by atomic mass is 9.71. The fraction of sp³-hybridized carbons (Fsp3) is 0.528. The maximum Gasteiger partial charge on any atom is 0.410 e. The van der Waals surface area contributed by atoms with Gasteiger partial charge in [-0.1, -0.05) is 56.6 Å². The molecule has 4 aliphatic rings. The molecule has 3 aliphatic heterocycles. The number of benzene rings is 2. The minimum atomic E-state index is -1.000. The Labute approximate surface area is 279 Å². The van der Waals surface area contributed by atoms with Gasteiger partial charge in [-0.05, 0) is 60.8 Å². The quantitative estimate of drug-likeness (QED) is 0.421. The van der Waals surface area contributed by atoms with E-state index in [0.717, 1.165) is 36.3 Å². The van der Waals surface area contributed by atoms with E-state index in [2.05, 4.69) is 16.8 Å². The van der Waals surface area contributed by atoms with Crippen LogP contribution in [0.5, 0.6) is 5.75 Å². The summed E-state index contributed by atoms with van der Waals surface area (Å²) in [6.07, 6.45) is 7.32. The number of carbonyl (C=O) groups is 3. The topological polar surface area (TPSA) is 106 Å². The number of amides is 4. The van der Waals surface area contributed by atoms with Gasteiger partial charge < -0.3 is 29.9 Å². The van der Waals surface area contributed by atoms with Gasteiger partial charge in [-0.2, -0.15) is 0 Å². The molecule has 1 saturated carbocycles. The molecule has 0 unspecified atom stereocenters. The molecule has 2 N–H and O–H groups in total. The fourth-order valence-electron chi connectivity index (χ4n) is 7.71. The Morgan fingerprint density at radius 3 is 2.43 bits per heavy atom. The largest absolute Gasteiger partial charge is 0.508 e. The molecular weight excluding hydrogens is 593 g/mol. The first-order valence-corrected chi connectivity index (χ1v) is 17.3. The summed E-state index contributed by atoms with van der Waals surface area (Å²) in [7, 11) is 1.81. The molecule has 249 valence electrons. The number of urea groups is 1. The van der Waals surface area contributed by atoms with Crippen molar-refractivity contribution in [2.24, 2.45) is 0 Å². The molecule has 2 saturated heterocycles. The summed E-state index contributed by atoms with van der Waals surface area (Å²) in [6, 6.07) is 12.0. The highest BCUT2D eigenvalue weighted by Gasteiger charge is 2.36. The number of ether oxygens (including phenoxy) is 1. The van der Waals surface area contributed by atoms with Crippen LogP contribution >= 0.6 is 0 Å². The third-order valence-electron chi connectivity index (χ3n) is 10.5. The van der Waals surface area contributed by atoms with Crippen LogP contribution in [-0.2, 0) is 22.4 Å². The van der Waals surface area contributed by atoms with E-state index < -0.39 is 12.2 Å². The highest BCUT2D eigenvalue weighted by atomic mass is 16.6. The van der Waals surface area contributed by atoms with Crippen molar-refractivity contribution >= 4 is 42.5 Å². The molecule has 0 bridgehead atoms. The molecule has 47 heavy (non-hydrogen) atoms. The first kappa shape index (κ1) is 32.9. The average molecular weight is 641 g/mol. The first-order chi connectivity index (χ1) is 22.8. The number of rotatable bonds is 8. The lowest BCUT2D eigenvalue weighted by molar-refractivity contribution is -0.143. The third-order valence-corrected chi connectivity index (χ3v) is 10.5. The molecule has 3 fully saturated rings. The predicted molar refractivity (Wildman–Crippen MR) is 184 cm³/mol. The van der Waals surface area contributed by atoms with Crippen LogP contribution in [0, 0.1) is 0 Å². The number of anilines is 1. The molecule has 10 nitrogen and oxygen atoms in total. The SMILES string of the molecule is C=Cc1cc(C[C@@H](OC(=O)N2CCC(N3CCc4ccccc4NC3=O)CC2)C(=O)N2CCN(C3CCCC3)CC2)cc([B]C)c1O. The number of hydrogen-bond donors (Lipinski definition) is 2. The van der Waals surface area contributed by atoms with Crippen molar-refractivity contribution in [3.63, 3.8) is 0 Å². The van der Waals surface area contributed by atoms with Gasteiger partial charge in [0.1, 0.15) is 5.75 Å². The molecule has 4 amide bonds. The summed E-state index contributed by atoms with van der Waals surface area (Å²) in [6.45, 7) is 10.1. The van der Waals surface area contributed by atoms with Crippen molar-refractivity contribution in [1.82, 2.24) is 19.6 Å². The van der Waals surface area contributed by atoms with Crippen LogP contribution in [0.25, 0.3) is 6.08 Å². The number of piperidine rings is 1. The van der Waals surface area contributed by atoms with Gasteiger partial charge in [-0.15, -0.1) is 0 Å². The number of piperazine rings is 1. The normalized spacial score (nSPS) is 20.3. The smallest absolute Gasteiger partial charge is 0.410 e. The minimum absolute atomic E-state index is 0.0139. The lowest BCUT2D eigenvalue weighted by Crippen LogP contribution is -2.55. The molecule has 1 atom stereocenters. The van der Waals surface area contributed by atoms with Crippen LogP contribution in [0.15, 0.2) is 43.0 Å². The second kappa shape index (κ2) is 14.8. The van der Waals surface area contributed by atoms with E-state index in [1.54, 1.807) is 17.0 Å². The zero-order valence-corrected chi connectivity index (χ0v) is 27.5. The van der Waals surface area contributed by atoms with Crippen molar-refractivity contribution in [1.29, 1.82) is 0 Å². The van der Waals surface area contributed by atoms with Gasteiger partial charge in [0.25, 0.3) is 5.91 Å². The molecule has 1 aliphatic carbocycles. The Morgan fingerprint density at radius 2 is 1.72 bits per heavy atom. The van der Waals surface area contributed by atoms with Crippen molar-refractivity contribution in [2.75, 3.05) is 51.1 Å². The van der Waals surface area contributed by atoms with Crippen LogP contribution in [0.2, 0.25) is 6.82 Å². The van der Waals surface area contributed by atoms with Gasteiger partial charge in [0.05, 0.1) is 0 Å². The van der Waals surface area contributed by atoms with E-state index in [1.165, 1.54) is 25.7 Å². The molecule has 2 aromatic carbocycles. The number of phenols is 1. The van der Waals surface area contributed by atoms with E-state index in [4.69, 9.17) is 4.74 Å². The molecule has 2 aromatic rings. The number of nitrogens with zero attached hydrogens (tertiary/aromatic N) is 4. The van der Waals surface area contributed by atoms with Crippen LogP contribution in [0.4, 0.5) is 15.3 Å². The van der Waals surface area contributed by atoms with Crippen LogP contribution < -0.4 is 10.8 Å². The van der Waals surface area contributed by atoms with Gasteiger partial charge in [0.15, 0.2) is 13.4 Å². The molecule has 11 heteroatoms. The van der Waals surface area contributed by atoms with Gasteiger partial charge in [-0.3, -0.25) is 9.69 Å². The molecule has 6 rings (SSSR count). The minimum Gasteiger partial charge on any atom is -0.508 e. The lowest BCUT2D eigenvalue weighted by Gasteiger charge is -2.40. The molecule has 0 spiro atoms. The van der Waals surface area contributed by atoms with Crippen molar-refractivity contribution in [3.8, 4) is 5.75 Å². The number of likely N-dealkylation sites (tertiary alicyclic amines) is 1. The zero-order chi connectivity index (χ0) is 32.9. The first-order valence-electron chi connectivity index (χ1n) is 17.3. The van der Waals surface area contributed by atoms with Gasteiger partial charge in [0, 0.05) is 75.6 Å². The number of carbonyl (C=O) groups excluding carboxylic acids is 3. The summed E-state index contributed by atoms with van der Waals surface area (Å²) in [5.74, 6) is -0.0469. The van der Waals surface area contributed by atoms with E-state index in [9.17, 15) is 19.5 Å². The maximum atomic E-state index is 14.0. The summed E-state index contributed by atoms with van der Waals surface area (Å²) < 4.78 is 6.07. The molecule has 1 radical (unpaired) electrons. The average Bonchev–Trinajstić information content (AvgIpc) is 3.59. The van der Waals surface area contributed by atoms with Crippen LogP contribution in [-0.4, -0.2) is 114 Å². The summed E-state index contributed by atoms with van der Waals surface area (Å²) in [4.78, 5) is 48.6. The Hall–Kier alpha value is -3.99. The van der Waals surface area contributed by atoms with Crippen molar-refractivity contribution < 1.29 is 24.2 Å². The van der Waals surface area contributed by atoms with Crippen LogP contribution in [0.3, 0.4) is 0 Å². The summed E-state index contributed by atoms with van der Waals surface area (Å²) in [5.41, 5.74) is 3.98. The van der Waals surface area contributed by atoms with E-state index >= 15 is 0 Å². The summed E-state index contributed by atoms with van der Waals surface area (Å²) in [5, 5.41) is 13.6. The summed E-state index contributed by atoms with van der Waals surface area (Å²) >= 11 is 0. The number of nitrogens with one attached hydrogen (secondary N) is 1. The number of fused-ring (bicyclic) bond motifs is 1. The monoisotopic (exact) mass is 640 g/mol. The van der Waals surface area contributed by atoms with Crippen molar-refractivity contribution in [3.05, 3.63) is 59.7 Å². The van der Waals surface area contributed by atoms with Gasteiger partial charge in [0.2, 0.25) is 0 Å². The highest BCUT2D eigenvalue weighted by molar-refractivity contribution is 6.53. The predicted octanol–water partition coefficient (Wildman–Crippen LogP) is 4.10. The Kier molecular flexibility index (Phi) is 10.4. The van der Waals surface area contributed by atoms with E-state index in [0.29, 0.717) is 62.6 Å². The zero-order valence-electron chi connectivity index (χ0n) is 27.5. The van der Waals surface area contributed by atoms with E-state index in [1.807, 2.05) is 54.2 Å². The number of para-hydroxylation sites is 1.